The van der Waals surface area contributed by atoms with E-state index in [1.54, 1.807) is 6.08 Å². The molecule has 0 bridgehead atoms. The molecule has 1 aliphatic heterocycles. The molecular formula is C8H13NO2. The van der Waals surface area contributed by atoms with Gasteiger partial charge in [0.2, 0.25) is 0 Å². The summed E-state index contributed by atoms with van der Waals surface area (Å²) in [5, 5.41) is 11.7. The minimum Gasteiger partial charge on any atom is -0.480 e. The van der Waals surface area contributed by atoms with Gasteiger partial charge in [-0.2, -0.15) is 0 Å². The molecule has 1 rings (SSSR count). The van der Waals surface area contributed by atoms with Crippen molar-refractivity contribution in [1.82, 2.24) is 5.32 Å². The van der Waals surface area contributed by atoms with Crippen molar-refractivity contribution >= 4 is 5.97 Å². The van der Waals surface area contributed by atoms with Gasteiger partial charge in [-0.15, -0.1) is 6.58 Å². The summed E-state index contributed by atoms with van der Waals surface area (Å²) >= 11 is 0. The van der Waals surface area contributed by atoms with Gasteiger partial charge in [0.1, 0.15) is 6.04 Å². The van der Waals surface area contributed by atoms with E-state index in [0.29, 0.717) is 0 Å². The van der Waals surface area contributed by atoms with Gasteiger partial charge in [0.05, 0.1) is 0 Å². The standard InChI is InChI=1S/C8H13NO2/c1-2-3-6-4-5-9-7(6)8(10)11/h2,6-7,9H,1,3-5H2,(H,10,11)/t6-,7?/m1/s1. The number of rotatable bonds is 3. The predicted octanol–water partition coefficient (Wildman–Crippen LogP) is 0.625. The second-order valence-electron chi connectivity index (χ2n) is 2.84. The lowest BCUT2D eigenvalue weighted by atomic mass is 9.97. The number of hydrogen-bond acceptors (Lipinski definition) is 2. The smallest absolute Gasteiger partial charge is 0.320 e. The third-order valence-corrected chi connectivity index (χ3v) is 2.09. The first-order chi connectivity index (χ1) is 5.25. The Balaban J connectivity index is 2.50. The van der Waals surface area contributed by atoms with Crippen LogP contribution in [0.4, 0.5) is 0 Å². The van der Waals surface area contributed by atoms with Crippen LogP contribution < -0.4 is 5.32 Å². The van der Waals surface area contributed by atoms with Gasteiger partial charge in [0.15, 0.2) is 0 Å². The fourth-order valence-electron chi connectivity index (χ4n) is 1.51. The minimum absolute atomic E-state index is 0.241. The van der Waals surface area contributed by atoms with E-state index in [1.807, 2.05) is 0 Å². The van der Waals surface area contributed by atoms with Gasteiger partial charge in [-0.1, -0.05) is 6.08 Å². The number of carbonyl (C=O) groups is 1. The fraction of sp³-hybridized carbons (Fsp3) is 0.625. The van der Waals surface area contributed by atoms with Crippen molar-refractivity contribution in [2.75, 3.05) is 6.54 Å². The maximum absolute atomic E-state index is 10.6. The van der Waals surface area contributed by atoms with E-state index < -0.39 is 5.97 Å². The van der Waals surface area contributed by atoms with Crippen molar-refractivity contribution in [2.24, 2.45) is 5.92 Å². The quantitative estimate of drug-likeness (QED) is 0.587. The zero-order chi connectivity index (χ0) is 8.27. The fourth-order valence-corrected chi connectivity index (χ4v) is 1.51. The second-order valence-corrected chi connectivity index (χ2v) is 2.84. The van der Waals surface area contributed by atoms with Crippen LogP contribution in [-0.2, 0) is 4.79 Å². The Labute approximate surface area is 66.1 Å². The van der Waals surface area contributed by atoms with Gasteiger partial charge >= 0.3 is 5.97 Å². The maximum Gasteiger partial charge on any atom is 0.320 e. The van der Waals surface area contributed by atoms with Crippen LogP contribution in [0.3, 0.4) is 0 Å². The highest BCUT2D eigenvalue weighted by molar-refractivity contribution is 5.74. The van der Waals surface area contributed by atoms with Gasteiger partial charge < -0.3 is 10.4 Å². The molecule has 0 amide bonds. The molecule has 0 saturated carbocycles. The van der Waals surface area contributed by atoms with Crippen molar-refractivity contribution in [1.29, 1.82) is 0 Å². The highest BCUT2D eigenvalue weighted by Gasteiger charge is 2.31. The Hall–Kier alpha value is -0.830. The molecule has 3 heteroatoms. The SMILES string of the molecule is C=CC[C@@H]1CCNC1C(=O)O. The molecule has 1 saturated heterocycles. The van der Waals surface area contributed by atoms with Gasteiger partial charge in [-0.25, -0.2) is 0 Å². The first kappa shape index (κ1) is 8.27. The molecule has 3 nitrogen and oxygen atoms in total. The number of carboxylic acids is 1. The maximum atomic E-state index is 10.6. The number of hydrogen-bond donors (Lipinski definition) is 2. The highest BCUT2D eigenvalue weighted by atomic mass is 16.4. The van der Waals surface area contributed by atoms with Gasteiger partial charge in [-0.05, 0) is 25.3 Å². The number of carboxylic acid groups (broad SMARTS) is 1. The van der Waals surface area contributed by atoms with E-state index in [-0.39, 0.29) is 12.0 Å². The molecule has 1 heterocycles. The van der Waals surface area contributed by atoms with E-state index in [1.165, 1.54) is 0 Å². The average molecular weight is 155 g/mol. The van der Waals surface area contributed by atoms with Crippen molar-refractivity contribution in [2.45, 2.75) is 18.9 Å². The molecule has 0 aliphatic carbocycles. The number of allylic oxidation sites excluding steroid dienone is 1. The monoisotopic (exact) mass is 155 g/mol. The average Bonchev–Trinajstić information content (AvgIpc) is 2.36. The number of nitrogens with one attached hydrogen (secondary N) is 1. The zero-order valence-corrected chi connectivity index (χ0v) is 6.42. The van der Waals surface area contributed by atoms with Crippen LogP contribution in [0.2, 0.25) is 0 Å². The Kier molecular flexibility index (Phi) is 2.65. The molecular weight excluding hydrogens is 142 g/mol. The first-order valence-electron chi connectivity index (χ1n) is 3.82. The summed E-state index contributed by atoms with van der Waals surface area (Å²) in [7, 11) is 0. The van der Waals surface area contributed by atoms with Crippen LogP contribution in [0.25, 0.3) is 0 Å². The Morgan fingerprint density at radius 1 is 1.82 bits per heavy atom. The summed E-state index contributed by atoms with van der Waals surface area (Å²) in [5.74, 6) is -0.501. The van der Waals surface area contributed by atoms with Gasteiger partial charge in [0.25, 0.3) is 0 Å². The van der Waals surface area contributed by atoms with E-state index in [0.717, 1.165) is 19.4 Å². The van der Waals surface area contributed by atoms with E-state index in [2.05, 4.69) is 11.9 Å². The largest absolute Gasteiger partial charge is 0.480 e. The van der Waals surface area contributed by atoms with E-state index in [9.17, 15) is 4.79 Å². The molecule has 2 atom stereocenters. The highest BCUT2D eigenvalue weighted by Crippen LogP contribution is 2.19. The van der Waals surface area contributed by atoms with Crippen LogP contribution in [-0.4, -0.2) is 23.7 Å². The molecule has 0 aromatic carbocycles. The Morgan fingerprint density at radius 3 is 3.09 bits per heavy atom. The molecule has 0 spiro atoms. The second kappa shape index (κ2) is 3.53. The van der Waals surface area contributed by atoms with Crippen molar-refractivity contribution in [3.63, 3.8) is 0 Å². The van der Waals surface area contributed by atoms with E-state index >= 15 is 0 Å². The summed E-state index contributed by atoms with van der Waals surface area (Å²) in [6.07, 6.45) is 3.53. The van der Waals surface area contributed by atoms with Crippen LogP contribution in [0.5, 0.6) is 0 Å². The molecule has 62 valence electrons. The zero-order valence-electron chi connectivity index (χ0n) is 6.42. The molecule has 2 N–H and O–H groups in total. The third kappa shape index (κ3) is 1.80. The summed E-state index contributed by atoms with van der Waals surface area (Å²) in [6.45, 7) is 4.41. The molecule has 0 aromatic heterocycles. The Bertz CT molecular complexity index is 167. The molecule has 11 heavy (non-hydrogen) atoms. The molecule has 1 fully saturated rings. The first-order valence-corrected chi connectivity index (χ1v) is 3.82. The molecule has 1 aliphatic rings. The lowest BCUT2D eigenvalue weighted by molar-refractivity contribution is -0.140. The van der Waals surface area contributed by atoms with E-state index in [4.69, 9.17) is 5.11 Å². The topological polar surface area (TPSA) is 49.3 Å². The molecule has 1 unspecified atom stereocenters. The lowest BCUT2D eigenvalue weighted by Crippen LogP contribution is -2.35. The number of aliphatic carboxylic acids is 1. The van der Waals surface area contributed by atoms with Crippen molar-refractivity contribution in [3.8, 4) is 0 Å². The van der Waals surface area contributed by atoms with Gasteiger partial charge in [0, 0.05) is 0 Å². The lowest BCUT2D eigenvalue weighted by Gasteiger charge is -2.12. The van der Waals surface area contributed by atoms with Gasteiger partial charge in [-0.3, -0.25) is 4.79 Å². The normalized spacial score (nSPS) is 30.2. The molecule has 0 aromatic rings. The van der Waals surface area contributed by atoms with Crippen molar-refractivity contribution < 1.29 is 9.90 Å². The summed E-state index contributed by atoms with van der Waals surface area (Å²) < 4.78 is 0. The summed E-state index contributed by atoms with van der Waals surface area (Å²) in [4.78, 5) is 10.6. The minimum atomic E-state index is -0.741. The molecule has 0 radical (unpaired) electrons. The van der Waals surface area contributed by atoms with Crippen LogP contribution in [0.15, 0.2) is 12.7 Å². The van der Waals surface area contributed by atoms with Crippen LogP contribution >= 0.6 is 0 Å². The van der Waals surface area contributed by atoms with Crippen LogP contribution in [0, 0.1) is 5.92 Å². The summed E-state index contributed by atoms with van der Waals surface area (Å²) in [6, 6.07) is -0.354. The Morgan fingerprint density at radius 2 is 2.55 bits per heavy atom. The van der Waals surface area contributed by atoms with Crippen LogP contribution in [0.1, 0.15) is 12.8 Å². The third-order valence-electron chi connectivity index (χ3n) is 2.09. The van der Waals surface area contributed by atoms with Crippen molar-refractivity contribution in [3.05, 3.63) is 12.7 Å². The summed E-state index contributed by atoms with van der Waals surface area (Å²) in [5.41, 5.74) is 0. The predicted molar refractivity (Wildman–Crippen MR) is 42.3 cm³/mol.